The topological polar surface area (TPSA) is 63.8 Å². The Hall–Kier alpha value is -2.18. The molecule has 1 amide bonds. The number of benzene rings is 2. The molecule has 2 aromatic carbocycles. The Balaban J connectivity index is 1.54. The Morgan fingerprint density at radius 1 is 1.00 bits per heavy atom. The molecule has 0 saturated carbocycles. The molecule has 144 valence electrons. The van der Waals surface area contributed by atoms with Crippen LogP contribution in [0.5, 0.6) is 5.75 Å². The summed E-state index contributed by atoms with van der Waals surface area (Å²) in [6.45, 7) is -0.261. The average Bonchev–Trinajstić information content (AvgIpc) is 3.09. The second kappa shape index (κ2) is 9.34. The van der Waals surface area contributed by atoms with E-state index in [9.17, 15) is 4.79 Å². The van der Waals surface area contributed by atoms with Crippen molar-refractivity contribution in [3.05, 3.63) is 74.4 Å². The molecule has 0 radical (unpaired) electrons. The lowest BCUT2D eigenvalue weighted by Gasteiger charge is -2.06. The molecule has 0 atom stereocenters. The van der Waals surface area contributed by atoms with Gasteiger partial charge in [0.2, 0.25) is 0 Å². The van der Waals surface area contributed by atoms with Crippen LogP contribution in [0.1, 0.15) is 5.76 Å². The van der Waals surface area contributed by atoms with E-state index in [-0.39, 0.29) is 6.61 Å². The van der Waals surface area contributed by atoms with E-state index in [2.05, 4.69) is 10.5 Å². The fourth-order valence-electron chi connectivity index (χ4n) is 2.19. The van der Waals surface area contributed by atoms with Gasteiger partial charge in [-0.15, -0.1) is 0 Å². The van der Waals surface area contributed by atoms with Crippen LogP contribution in [0.3, 0.4) is 0 Å². The van der Waals surface area contributed by atoms with Gasteiger partial charge in [-0.05, 0) is 48.5 Å². The molecule has 1 heterocycles. The summed E-state index contributed by atoms with van der Waals surface area (Å²) in [5, 5.41) is 5.62. The van der Waals surface area contributed by atoms with E-state index >= 15 is 0 Å². The number of carbonyl (C=O) groups is 1. The summed E-state index contributed by atoms with van der Waals surface area (Å²) in [5.74, 6) is 0.869. The van der Waals surface area contributed by atoms with Gasteiger partial charge in [-0.25, -0.2) is 5.43 Å². The molecule has 3 rings (SSSR count). The summed E-state index contributed by atoms with van der Waals surface area (Å²) < 4.78 is 11.0. The van der Waals surface area contributed by atoms with Gasteiger partial charge < -0.3 is 9.15 Å². The van der Waals surface area contributed by atoms with Crippen molar-refractivity contribution in [1.29, 1.82) is 0 Å². The highest BCUT2D eigenvalue weighted by Gasteiger charge is 2.09. The van der Waals surface area contributed by atoms with Crippen LogP contribution in [-0.4, -0.2) is 18.7 Å². The van der Waals surface area contributed by atoms with Crippen LogP contribution in [0.25, 0.3) is 11.3 Å². The normalized spacial score (nSPS) is 11.0. The molecular formula is C19H12Cl4N2O3. The molecular weight excluding hydrogens is 446 g/mol. The molecule has 0 spiro atoms. The zero-order chi connectivity index (χ0) is 20.1. The van der Waals surface area contributed by atoms with Crippen molar-refractivity contribution in [1.82, 2.24) is 5.43 Å². The van der Waals surface area contributed by atoms with Crippen LogP contribution in [-0.2, 0) is 4.79 Å². The van der Waals surface area contributed by atoms with Gasteiger partial charge in [0.15, 0.2) is 6.61 Å². The fraction of sp³-hybridized carbons (Fsp3) is 0.0526. The molecule has 0 aliphatic rings. The highest BCUT2D eigenvalue weighted by molar-refractivity contribution is 6.36. The van der Waals surface area contributed by atoms with Crippen LogP contribution in [0.2, 0.25) is 20.1 Å². The number of hydrogen-bond acceptors (Lipinski definition) is 4. The fourth-order valence-corrected chi connectivity index (χ4v) is 3.16. The van der Waals surface area contributed by atoms with E-state index in [1.165, 1.54) is 12.3 Å². The number of nitrogens with one attached hydrogen (secondary N) is 1. The van der Waals surface area contributed by atoms with Gasteiger partial charge in [-0.3, -0.25) is 4.79 Å². The van der Waals surface area contributed by atoms with Crippen LogP contribution >= 0.6 is 46.4 Å². The first kappa shape index (κ1) is 20.6. The number of hydrazone groups is 1. The Morgan fingerprint density at radius 3 is 2.43 bits per heavy atom. The molecule has 0 saturated heterocycles. The highest BCUT2D eigenvalue weighted by Crippen LogP contribution is 2.31. The summed E-state index contributed by atoms with van der Waals surface area (Å²) in [6, 6.07) is 13.2. The first-order valence-electron chi connectivity index (χ1n) is 7.87. The Bertz CT molecular complexity index is 1030. The van der Waals surface area contributed by atoms with Crippen LogP contribution in [0.15, 0.2) is 58.0 Å². The van der Waals surface area contributed by atoms with Gasteiger partial charge in [0, 0.05) is 15.6 Å². The van der Waals surface area contributed by atoms with Gasteiger partial charge >= 0.3 is 0 Å². The third-order valence-electron chi connectivity index (χ3n) is 3.46. The molecule has 3 aromatic rings. The van der Waals surface area contributed by atoms with Crippen molar-refractivity contribution >= 4 is 58.5 Å². The summed E-state index contributed by atoms with van der Waals surface area (Å²) in [5.41, 5.74) is 3.03. The van der Waals surface area contributed by atoms with Crippen molar-refractivity contribution < 1.29 is 13.9 Å². The largest absolute Gasteiger partial charge is 0.482 e. The van der Waals surface area contributed by atoms with Crippen LogP contribution in [0, 0.1) is 0 Å². The van der Waals surface area contributed by atoms with Gasteiger partial charge in [-0.2, -0.15) is 5.10 Å². The third-order valence-corrected chi connectivity index (χ3v) is 4.54. The van der Waals surface area contributed by atoms with Crippen LogP contribution in [0.4, 0.5) is 0 Å². The lowest BCUT2D eigenvalue weighted by atomic mass is 10.2. The maximum atomic E-state index is 11.8. The summed E-state index contributed by atoms with van der Waals surface area (Å²) in [6.07, 6.45) is 1.36. The predicted octanol–water partition coefficient (Wildman–Crippen LogP) is 6.09. The Labute approximate surface area is 180 Å². The standard InChI is InChI=1S/C19H12Cl4N2O3/c20-11-1-4-14(15(22)7-11)17-6-3-13(28-17)9-24-25-19(26)10-27-18-5-2-12(21)8-16(18)23/h1-9H,10H2,(H,25,26)/b24-9+. The molecule has 0 fully saturated rings. The summed E-state index contributed by atoms with van der Waals surface area (Å²) in [4.78, 5) is 11.8. The zero-order valence-electron chi connectivity index (χ0n) is 14.1. The highest BCUT2D eigenvalue weighted by atomic mass is 35.5. The molecule has 0 bridgehead atoms. The Morgan fingerprint density at radius 2 is 1.71 bits per heavy atom. The summed E-state index contributed by atoms with van der Waals surface area (Å²) in [7, 11) is 0. The zero-order valence-corrected chi connectivity index (χ0v) is 17.1. The third kappa shape index (κ3) is 5.42. The minimum atomic E-state index is -0.463. The number of ether oxygens (including phenoxy) is 1. The van der Waals surface area contributed by atoms with E-state index in [1.54, 1.807) is 42.5 Å². The van der Waals surface area contributed by atoms with Gasteiger partial charge in [0.05, 0.1) is 16.3 Å². The molecule has 9 heteroatoms. The number of hydrogen-bond donors (Lipinski definition) is 1. The molecule has 0 aliphatic heterocycles. The number of amides is 1. The maximum absolute atomic E-state index is 11.8. The van der Waals surface area contributed by atoms with Crippen LogP contribution < -0.4 is 10.2 Å². The van der Waals surface area contributed by atoms with Crippen molar-refractivity contribution in [2.75, 3.05) is 6.61 Å². The van der Waals surface area contributed by atoms with Crippen molar-refractivity contribution in [2.45, 2.75) is 0 Å². The average molecular weight is 458 g/mol. The smallest absolute Gasteiger partial charge is 0.277 e. The van der Waals surface area contributed by atoms with E-state index < -0.39 is 5.91 Å². The number of rotatable bonds is 6. The molecule has 0 unspecified atom stereocenters. The quantitative estimate of drug-likeness (QED) is 0.359. The number of nitrogens with zero attached hydrogens (tertiary/aromatic N) is 1. The lowest BCUT2D eigenvalue weighted by molar-refractivity contribution is -0.123. The monoisotopic (exact) mass is 456 g/mol. The number of furan rings is 1. The lowest BCUT2D eigenvalue weighted by Crippen LogP contribution is -2.24. The van der Waals surface area contributed by atoms with Gasteiger partial charge in [0.1, 0.15) is 17.3 Å². The summed E-state index contributed by atoms with van der Waals surface area (Å²) >= 11 is 23.8. The number of carbonyl (C=O) groups excluding carboxylic acids is 1. The number of halogens is 4. The maximum Gasteiger partial charge on any atom is 0.277 e. The van der Waals surface area contributed by atoms with E-state index in [4.69, 9.17) is 55.6 Å². The minimum Gasteiger partial charge on any atom is -0.482 e. The van der Waals surface area contributed by atoms with E-state index in [0.717, 1.165) is 0 Å². The van der Waals surface area contributed by atoms with Crippen molar-refractivity contribution in [3.8, 4) is 17.1 Å². The Kier molecular flexibility index (Phi) is 6.86. The molecule has 5 nitrogen and oxygen atoms in total. The molecule has 1 N–H and O–H groups in total. The molecule has 1 aromatic heterocycles. The SMILES string of the molecule is O=C(COc1ccc(Cl)cc1Cl)N/N=C/c1ccc(-c2ccc(Cl)cc2Cl)o1. The minimum absolute atomic E-state index is 0.261. The second-order valence-corrected chi connectivity index (χ2v) is 7.17. The molecule has 28 heavy (non-hydrogen) atoms. The van der Waals surface area contributed by atoms with Gasteiger partial charge in [0.25, 0.3) is 5.91 Å². The first-order valence-corrected chi connectivity index (χ1v) is 9.38. The van der Waals surface area contributed by atoms with E-state index in [1.807, 2.05) is 0 Å². The van der Waals surface area contributed by atoms with E-state index in [0.29, 0.717) is 42.9 Å². The van der Waals surface area contributed by atoms with Gasteiger partial charge in [-0.1, -0.05) is 46.4 Å². The second-order valence-electron chi connectivity index (χ2n) is 5.48. The predicted molar refractivity (Wildman–Crippen MR) is 112 cm³/mol. The molecule has 0 aliphatic carbocycles. The first-order chi connectivity index (χ1) is 13.4. The van der Waals surface area contributed by atoms with Crippen molar-refractivity contribution in [3.63, 3.8) is 0 Å². The van der Waals surface area contributed by atoms with Crippen molar-refractivity contribution in [2.24, 2.45) is 5.10 Å².